The van der Waals surface area contributed by atoms with Crippen molar-refractivity contribution in [3.05, 3.63) is 53.5 Å². The number of rotatable bonds is 4. The predicted octanol–water partition coefficient (Wildman–Crippen LogP) is 3.91. The van der Waals surface area contributed by atoms with E-state index in [-0.39, 0.29) is 16.9 Å². The molecular weight excluding hydrogens is 400 g/mol. The summed E-state index contributed by atoms with van der Waals surface area (Å²) in [6.07, 6.45) is 6.65. The van der Waals surface area contributed by atoms with E-state index in [2.05, 4.69) is 15.3 Å². The van der Waals surface area contributed by atoms with Gasteiger partial charge in [0.2, 0.25) is 0 Å². The van der Waals surface area contributed by atoms with E-state index in [1.165, 1.54) is 18.3 Å². The van der Waals surface area contributed by atoms with Crippen molar-refractivity contribution in [1.29, 1.82) is 0 Å². The SMILES string of the molecule is CC.CN=Cc1cc(-c2cc(F)c3nc(C45CC(NC)(CO4)C5)cn3c2)cc(F)c1N. The normalized spacial score (nSPS) is 24.3. The highest BCUT2D eigenvalue weighted by Gasteiger charge is 2.63. The number of nitrogens with two attached hydrogens (primary N) is 1. The van der Waals surface area contributed by atoms with Crippen molar-refractivity contribution < 1.29 is 13.5 Å². The van der Waals surface area contributed by atoms with Gasteiger partial charge in [-0.3, -0.25) is 4.99 Å². The third-order valence-electron chi connectivity index (χ3n) is 6.14. The number of aromatic nitrogens is 2. The Balaban J connectivity index is 0.00000112. The molecule has 164 valence electrons. The second kappa shape index (κ2) is 7.69. The molecule has 8 heteroatoms. The maximum absolute atomic E-state index is 14.9. The summed E-state index contributed by atoms with van der Waals surface area (Å²) in [5, 5.41) is 3.31. The monoisotopic (exact) mass is 427 g/mol. The van der Waals surface area contributed by atoms with E-state index in [9.17, 15) is 8.78 Å². The number of imidazole rings is 1. The molecule has 1 saturated carbocycles. The number of fused-ring (bicyclic) bond motifs is 2. The molecule has 2 aliphatic heterocycles. The van der Waals surface area contributed by atoms with Crippen LogP contribution in [0.5, 0.6) is 0 Å². The van der Waals surface area contributed by atoms with Gasteiger partial charge in [-0.05, 0) is 30.8 Å². The molecule has 4 heterocycles. The quantitative estimate of drug-likeness (QED) is 0.489. The first-order valence-corrected chi connectivity index (χ1v) is 10.4. The number of likely N-dealkylation sites (N-methyl/N-ethyl adjacent to an activating group) is 1. The maximum atomic E-state index is 14.9. The van der Waals surface area contributed by atoms with E-state index in [1.807, 2.05) is 20.9 Å². The van der Waals surface area contributed by atoms with E-state index < -0.39 is 17.2 Å². The smallest absolute Gasteiger partial charge is 0.173 e. The molecule has 0 spiro atoms. The Kier molecular flexibility index (Phi) is 5.31. The number of nitrogens with one attached hydrogen (secondary N) is 1. The summed E-state index contributed by atoms with van der Waals surface area (Å²) < 4.78 is 36.8. The fourth-order valence-corrected chi connectivity index (χ4v) is 4.51. The van der Waals surface area contributed by atoms with Crippen LogP contribution in [0.3, 0.4) is 0 Å². The Morgan fingerprint density at radius 2 is 1.87 bits per heavy atom. The summed E-state index contributed by atoms with van der Waals surface area (Å²) in [6.45, 7) is 4.62. The molecule has 6 rings (SSSR count). The third kappa shape index (κ3) is 3.30. The van der Waals surface area contributed by atoms with Gasteiger partial charge in [0, 0.05) is 55.2 Å². The Bertz CT molecular complexity index is 1160. The second-order valence-corrected chi connectivity index (χ2v) is 7.95. The van der Waals surface area contributed by atoms with Crippen LogP contribution in [0.1, 0.15) is 37.9 Å². The van der Waals surface area contributed by atoms with Crippen LogP contribution in [-0.2, 0) is 10.3 Å². The lowest BCUT2D eigenvalue weighted by Crippen LogP contribution is -2.55. The average molecular weight is 427 g/mol. The van der Waals surface area contributed by atoms with Crippen LogP contribution in [0.25, 0.3) is 16.8 Å². The topological polar surface area (TPSA) is 76.9 Å². The van der Waals surface area contributed by atoms with Crippen LogP contribution in [0.2, 0.25) is 0 Å². The Morgan fingerprint density at radius 3 is 2.52 bits per heavy atom. The predicted molar refractivity (Wildman–Crippen MR) is 118 cm³/mol. The second-order valence-electron chi connectivity index (χ2n) is 7.95. The minimum atomic E-state index is -0.569. The lowest BCUT2D eigenvalue weighted by molar-refractivity contribution is -0.0134. The number of hydrogen-bond acceptors (Lipinski definition) is 5. The zero-order chi connectivity index (χ0) is 22.4. The van der Waals surface area contributed by atoms with E-state index in [0.717, 1.165) is 18.5 Å². The fraction of sp³-hybridized carbons (Fsp3) is 0.391. The zero-order valence-electron chi connectivity index (χ0n) is 18.2. The molecule has 0 amide bonds. The van der Waals surface area contributed by atoms with Gasteiger partial charge in [0.1, 0.15) is 11.4 Å². The molecule has 3 fully saturated rings. The molecule has 6 nitrogen and oxygen atoms in total. The largest absolute Gasteiger partial charge is 0.396 e. The standard InChI is InChI=1S/C21H21F2N5O.C2H6/c1-25-6-13-3-12(4-15(22)18(13)24)14-5-16(23)19-27-17(8-28(19)7-14)21-9-20(10-21,26-2)11-29-21;1-2/h3-8,26H,9-11,24H2,1-2H3;1-2H3. The van der Waals surface area contributed by atoms with E-state index >= 15 is 0 Å². The summed E-state index contributed by atoms with van der Waals surface area (Å²) in [6, 6.07) is 4.35. The molecule has 31 heavy (non-hydrogen) atoms. The molecule has 2 aromatic heterocycles. The van der Waals surface area contributed by atoms with Crippen LogP contribution in [0, 0.1) is 11.6 Å². The lowest BCUT2D eigenvalue weighted by atomic mass is 9.67. The van der Waals surface area contributed by atoms with Gasteiger partial charge in [-0.15, -0.1) is 0 Å². The molecule has 0 atom stereocenters. The summed E-state index contributed by atoms with van der Waals surface area (Å²) in [5.41, 5.74) is 7.76. The molecule has 0 radical (unpaired) electrons. The number of ether oxygens (including phenoxy) is 1. The minimum Gasteiger partial charge on any atom is -0.396 e. The van der Waals surface area contributed by atoms with Gasteiger partial charge in [-0.1, -0.05) is 13.8 Å². The number of hydrogen-bond donors (Lipinski definition) is 2. The van der Waals surface area contributed by atoms with E-state index in [4.69, 9.17) is 10.5 Å². The Hall–Kier alpha value is -2.84. The molecule has 0 unspecified atom stereocenters. The van der Waals surface area contributed by atoms with Crippen molar-refractivity contribution in [2.24, 2.45) is 4.99 Å². The van der Waals surface area contributed by atoms with Crippen molar-refractivity contribution in [3.63, 3.8) is 0 Å². The van der Waals surface area contributed by atoms with Gasteiger partial charge in [-0.25, -0.2) is 13.8 Å². The van der Waals surface area contributed by atoms with Gasteiger partial charge in [0.15, 0.2) is 11.5 Å². The number of anilines is 1. The molecule has 3 aromatic rings. The van der Waals surface area contributed by atoms with Gasteiger partial charge in [0.05, 0.1) is 18.0 Å². The number of nitrogen functional groups attached to an aromatic ring is 1. The van der Waals surface area contributed by atoms with Crippen molar-refractivity contribution in [2.75, 3.05) is 26.4 Å². The first kappa shape index (κ1) is 21.4. The van der Waals surface area contributed by atoms with Crippen molar-refractivity contribution in [2.45, 2.75) is 37.8 Å². The highest BCUT2D eigenvalue weighted by molar-refractivity contribution is 5.89. The van der Waals surface area contributed by atoms with Crippen LogP contribution in [0.4, 0.5) is 14.5 Å². The zero-order valence-corrected chi connectivity index (χ0v) is 18.2. The third-order valence-corrected chi connectivity index (χ3v) is 6.14. The Labute approximate surface area is 180 Å². The summed E-state index contributed by atoms with van der Waals surface area (Å²) in [4.78, 5) is 8.41. The fourth-order valence-electron chi connectivity index (χ4n) is 4.51. The van der Waals surface area contributed by atoms with Gasteiger partial charge in [-0.2, -0.15) is 0 Å². The molecule has 3 aliphatic rings. The molecule has 2 saturated heterocycles. The molecule has 1 aromatic carbocycles. The molecule has 2 bridgehead atoms. The minimum absolute atomic E-state index is 0.00175. The highest BCUT2D eigenvalue weighted by Crippen LogP contribution is 2.57. The maximum Gasteiger partial charge on any atom is 0.173 e. The summed E-state index contributed by atoms with van der Waals surface area (Å²) in [5.74, 6) is -1.05. The molecular formula is C23H27F2N5O. The number of benzene rings is 1. The lowest BCUT2D eigenvalue weighted by Gasteiger charge is -2.43. The highest BCUT2D eigenvalue weighted by atomic mass is 19.1. The van der Waals surface area contributed by atoms with E-state index in [1.54, 1.807) is 29.9 Å². The van der Waals surface area contributed by atoms with Crippen molar-refractivity contribution in [1.82, 2.24) is 14.7 Å². The Morgan fingerprint density at radius 1 is 1.16 bits per heavy atom. The molecule has 3 N–H and O–H groups in total. The van der Waals surface area contributed by atoms with Crippen molar-refractivity contribution in [3.8, 4) is 11.1 Å². The number of halogens is 2. The average Bonchev–Trinajstić information content (AvgIpc) is 3.44. The van der Waals surface area contributed by atoms with E-state index in [0.29, 0.717) is 23.3 Å². The van der Waals surface area contributed by atoms with Gasteiger partial charge in [0.25, 0.3) is 0 Å². The number of aliphatic imine (C=N–C) groups is 1. The van der Waals surface area contributed by atoms with Crippen molar-refractivity contribution >= 4 is 17.5 Å². The van der Waals surface area contributed by atoms with Crippen LogP contribution in [0.15, 0.2) is 35.6 Å². The summed E-state index contributed by atoms with van der Waals surface area (Å²) in [7, 11) is 3.51. The van der Waals surface area contributed by atoms with Crippen LogP contribution in [-0.4, -0.2) is 41.8 Å². The first-order valence-electron chi connectivity index (χ1n) is 10.4. The summed E-state index contributed by atoms with van der Waals surface area (Å²) >= 11 is 0. The van der Waals surface area contributed by atoms with Gasteiger partial charge >= 0.3 is 0 Å². The van der Waals surface area contributed by atoms with Crippen LogP contribution < -0.4 is 11.1 Å². The molecule has 1 aliphatic carbocycles. The van der Waals surface area contributed by atoms with Crippen LogP contribution >= 0.6 is 0 Å². The number of pyridine rings is 1. The van der Waals surface area contributed by atoms with Gasteiger partial charge < -0.3 is 20.2 Å². The first-order chi connectivity index (χ1) is 14.9. The number of nitrogens with zero attached hydrogens (tertiary/aromatic N) is 3.